The van der Waals surface area contributed by atoms with Gasteiger partial charge < -0.3 is 4.74 Å². The van der Waals surface area contributed by atoms with Gasteiger partial charge in [-0.2, -0.15) is 14.9 Å². The van der Waals surface area contributed by atoms with Crippen molar-refractivity contribution in [3.8, 4) is 5.75 Å². The van der Waals surface area contributed by atoms with E-state index < -0.39 is 0 Å². The van der Waals surface area contributed by atoms with Crippen LogP contribution in [0.2, 0.25) is 0 Å². The van der Waals surface area contributed by atoms with Gasteiger partial charge in [0.1, 0.15) is 5.75 Å². The van der Waals surface area contributed by atoms with E-state index in [1.165, 1.54) is 0 Å². The minimum Gasteiger partial charge on any atom is -0.493 e. The molecule has 1 N–H and O–H groups in total. The Kier molecular flexibility index (Phi) is 6.73. The maximum atomic E-state index is 5.87. The van der Waals surface area contributed by atoms with E-state index in [1.807, 2.05) is 24.3 Å². The third kappa shape index (κ3) is 4.54. The Bertz CT molecular complexity index is 729. The third-order valence-electron chi connectivity index (χ3n) is 3.83. The zero-order valence-corrected chi connectivity index (χ0v) is 15.6. The van der Waals surface area contributed by atoms with E-state index >= 15 is 0 Å². The molecule has 24 heavy (non-hydrogen) atoms. The van der Waals surface area contributed by atoms with E-state index in [0.29, 0.717) is 23.2 Å². The number of hydrogen-bond donors (Lipinski definition) is 1. The first-order valence-corrected chi connectivity index (χ1v) is 8.91. The van der Waals surface area contributed by atoms with E-state index in [0.717, 1.165) is 30.0 Å². The molecule has 1 aromatic carbocycles. The van der Waals surface area contributed by atoms with E-state index in [-0.39, 0.29) is 0 Å². The lowest BCUT2D eigenvalue weighted by Crippen LogP contribution is -2.07. The molecule has 130 valence electrons. The maximum absolute atomic E-state index is 5.87. The molecule has 6 heteroatoms. The average Bonchev–Trinajstić information content (AvgIpc) is 2.94. The van der Waals surface area contributed by atoms with Gasteiger partial charge in [0.05, 0.1) is 12.8 Å². The summed E-state index contributed by atoms with van der Waals surface area (Å²) in [5, 5.41) is 11.8. The summed E-state index contributed by atoms with van der Waals surface area (Å²) in [6.07, 6.45) is 3.78. The molecule has 0 bridgehead atoms. The highest BCUT2D eigenvalue weighted by atomic mass is 32.1. The van der Waals surface area contributed by atoms with Crippen LogP contribution in [0.25, 0.3) is 0 Å². The number of hydrogen-bond acceptors (Lipinski definition) is 4. The Labute approximate surface area is 148 Å². The van der Waals surface area contributed by atoms with Gasteiger partial charge in [-0.1, -0.05) is 39.8 Å². The first-order valence-electron chi connectivity index (χ1n) is 8.50. The zero-order valence-electron chi connectivity index (χ0n) is 14.8. The van der Waals surface area contributed by atoms with E-state index in [9.17, 15) is 0 Å². The Hall–Kier alpha value is -1.95. The fourth-order valence-corrected chi connectivity index (χ4v) is 2.61. The Morgan fingerprint density at radius 1 is 1.29 bits per heavy atom. The normalized spacial score (nSPS) is 11.8. The molecule has 5 nitrogen and oxygen atoms in total. The molecule has 2 rings (SSSR count). The summed E-state index contributed by atoms with van der Waals surface area (Å²) in [4.78, 5) is 0. The predicted molar refractivity (Wildman–Crippen MR) is 101 cm³/mol. The summed E-state index contributed by atoms with van der Waals surface area (Å²) in [6.45, 7) is 9.23. The highest BCUT2D eigenvalue weighted by Gasteiger charge is 2.15. The van der Waals surface area contributed by atoms with Gasteiger partial charge in [0, 0.05) is 11.5 Å². The third-order valence-corrected chi connectivity index (χ3v) is 4.09. The molecule has 0 unspecified atom stereocenters. The summed E-state index contributed by atoms with van der Waals surface area (Å²) in [5.74, 6) is 2.51. The second-order valence-corrected chi connectivity index (χ2v) is 6.59. The van der Waals surface area contributed by atoms with Gasteiger partial charge >= 0.3 is 0 Å². The van der Waals surface area contributed by atoms with Crippen molar-refractivity contribution in [2.75, 3.05) is 6.61 Å². The Morgan fingerprint density at radius 3 is 2.67 bits per heavy atom. The molecule has 0 fully saturated rings. The van der Waals surface area contributed by atoms with Crippen molar-refractivity contribution in [1.29, 1.82) is 0 Å². The Morgan fingerprint density at radius 2 is 2.00 bits per heavy atom. The SMILES string of the molecule is CCC(CC)c1n[nH]c(=S)n1/N=C\c1ccccc1OCC(C)C. The summed E-state index contributed by atoms with van der Waals surface area (Å²) >= 11 is 5.32. The molecule has 2 aromatic rings. The largest absolute Gasteiger partial charge is 0.493 e. The molecule has 0 aliphatic rings. The molecular weight excluding hydrogens is 320 g/mol. The zero-order chi connectivity index (χ0) is 17.5. The van der Waals surface area contributed by atoms with Crippen LogP contribution in [-0.4, -0.2) is 27.7 Å². The van der Waals surface area contributed by atoms with Gasteiger partial charge in [0.25, 0.3) is 0 Å². The van der Waals surface area contributed by atoms with Gasteiger partial charge in [-0.3, -0.25) is 5.10 Å². The van der Waals surface area contributed by atoms with Gasteiger partial charge in [-0.25, -0.2) is 0 Å². The van der Waals surface area contributed by atoms with Crippen molar-refractivity contribution in [3.05, 3.63) is 40.4 Å². The van der Waals surface area contributed by atoms with Gasteiger partial charge in [0.2, 0.25) is 4.77 Å². The lowest BCUT2D eigenvalue weighted by Gasteiger charge is -2.12. The molecule has 0 saturated carbocycles. The van der Waals surface area contributed by atoms with E-state index in [4.69, 9.17) is 17.0 Å². The molecule has 0 saturated heterocycles. The summed E-state index contributed by atoms with van der Waals surface area (Å²) in [6, 6.07) is 7.88. The van der Waals surface area contributed by atoms with Crippen molar-refractivity contribution < 1.29 is 4.74 Å². The fraction of sp³-hybridized carbons (Fsp3) is 0.500. The minimum atomic E-state index is 0.336. The first-order chi connectivity index (χ1) is 11.6. The van der Waals surface area contributed by atoms with Crippen molar-refractivity contribution in [3.63, 3.8) is 0 Å². The van der Waals surface area contributed by atoms with Crippen molar-refractivity contribution in [2.45, 2.75) is 46.5 Å². The van der Waals surface area contributed by atoms with Crippen LogP contribution in [0.3, 0.4) is 0 Å². The Balaban J connectivity index is 2.29. The monoisotopic (exact) mass is 346 g/mol. The van der Waals surface area contributed by atoms with Crippen LogP contribution in [0.1, 0.15) is 57.8 Å². The van der Waals surface area contributed by atoms with Crippen LogP contribution in [0.5, 0.6) is 5.75 Å². The molecule has 1 aromatic heterocycles. The number of nitrogens with zero attached hydrogens (tertiary/aromatic N) is 3. The molecule has 0 aliphatic carbocycles. The molecule has 0 spiro atoms. The van der Waals surface area contributed by atoms with Crippen LogP contribution in [0, 0.1) is 10.7 Å². The van der Waals surface area contributed by atoms with Crippen LogP contribution in [0.4, 0.5) is 0 Å². The number of benzene rings is 1. The van der Waals surface area contributed by atoms with E-state index in [2.05, 4.69) is 43.0 Å². The van der Waals surface area contributed by atoms with Crippen LogP contribution >= 0.6 is 12.2 Å². The van der Waals surface area contributed by atoms with Crippen molar-refractivity contribution >= 4 is 18.4 Å². The van der Waals surface area contributed by atoms with E-state index in [1.54, 1.807) is 10.9 Å². The number of ether oxygens (including phenoxy) is 1. The quantitative estimate of drug-likeness (QED) is 0.554. The predicted octanol–water partition coefficient (Wildman–Crippen LogP) is 4.76. The van der Waals surface area contributed by atoms with Gasteiger partial charge in [0.15, 0.2) is 5.82 Å². The van der Waals surface area contributed by atoms with Crippen LogP contribution in [-0.2, 0) is 0 Å². The lowest BCUT2D eigenvalue weighted by molar-refractivity contribution is 0.270. The maximum Gasteiger partial charge on any atom is 0.216 e. The van der Waals surface area contributed by atoms with Gasteiger partial charge in [-0.05, 0) is 43.1 Å². The summed E-state index contributed by atoms with van der Waals surface area (Å²) < 4.78 is 8.09. The topological polar surface area (TPSA) is 55.2 Å². The molecule has 0 amide bonds. The number of aromatic amines is 1. The standard InChI is InChI=1S/C18H26N4OS/c1-5-14(6-2)17-20-21-18(24)22(17)19-11-15-9-7-8-10-16(15)23-12-13(3)4/h7-11,13-14H,5-6,12H2,1-4H3,(H,21,24)/b19-11-. The van der Waals surface area contributed by atoms with Crippen LogP contribution < -0.4 is 4.74 Å². The van der Waals surface area contributed by atoms with Crippen molar-refractivity contribution in [2.24, 2.45) is 11.0 Å². The smallest absolute Gasteiger partial charge is 0.216 e. The molecular formula is C18H26N4OS. The molecule has 1 heterocycles. The summed E-state index contributed by atoms with van der Waals surface area (Å²) in [5.41, 5.74) is 0.928. The molecule has 0 aliphatic heterocycles. The number of rotatable bonds is 8. The second kappa shape index (κ2) is 8.78. The lowest BCUT2D eigenvalue weighted by atomic mass is 10.0. The highest BCUT2D eigenvalue weighted by molar-refractivity contribution is 7.71. The average molecular weight is 347 g/mol. The highest BCUT2D eigenvalue weighted by Crippen LogP contribution is 2.21. The van der Waals surface area contributed by atoms with Crippen molar-refractivity contribution in [1.82, 2.24) is 14.9 Å². The molecule has 0 radical (unpaired) electrons. The number of H-pyrrole nitrogens is 1. The summed E-state index contributed by atoms with van der Waals surface area (Å²) in [7, 11) is 0. The minimum absolute atomic E-state index is 0.336. The number of para-hydroxylation sites is 1. The van der Waals surface area contributed by atoms with Gasteiger partial charge in [-0.15, -0.1) is 0 Å². The fourth-order valence-electron chi connectivity index (χ4n) is 2.43. The number of aromatic nitrogens is 3. The first kappa shape index (κ1) is 18.4. The molecule has 0 atom stereocenters. The second-order valence-electron chi connectivity index (χ2n) is 6.20. The van der Waals surface area contributed by atoms with Crippen LogP contribution in [0.15, 0.2) is 29.4 Å². The number of nitrogens with one attached hydrogen (secondary N) is 1.